The summed E-state index contributed by atoms with van der Waals surface area (Å²) in [7, 11) is 0. The molecule has 0 fully saturated rings. The Hall–Kier alpha value is -4.50. The number of hydrogen-bond acceptors (Lipinski definition) is 4. The van der Waals surface area contributed by atoms with Gasteiger partial charge in [0, 0.05) is 40.7 Å². The van der Waals surface area contributed by atoms with E-state index in [0.717, 1.165) is 10.9 Å². The maximum Gasteiger partial charge on any atom is 0.336 e. The van der Waals surface area contributed by atoms with Crippen molar-refractivity contribution >= 4 is 22.5 Å². The zero-order valence-electron chi connectivity index (χ0n) is 15.6. The zero-order valence-corrected chi connectivity index (χ0v) is 15.6. The Morgan fingerprint density at radius 2 is 1.87 bits per heavy atom. The van der Waals surface area contributed by atoms with E-state index in [0.29, 0.717) is 28.0 Å². The van der Waals surface area contributed by atoms with Crippen molar-refractivity contribution in [3.63, 3.8) is 0 Å². The van der Waals surface area contributed by atoms with Gasteiger partial charge in [0.25, 0.3) is 0 Å². The Balaban J connectivity index is 1.70. The lowest BCUT2D eigenvalue weighted by atomic mass is 9.94. The molecular formula is C24H14N4O2. The number of hydrogen-bond donors (Lipinski definition) is 1. The molecule has 0 unspecified atom stereocenters. The number of imidazole rings is 1. The van der Waals surface area contributed by atoms with Crippen LogP contribution in [0, 0.1) is 11.8 Å². The molecule has 0 aliphatic carbocycles. The number of aromatic nitrogens is 4. The lowest BCUT2D eigenvalue weighted by Gasteiger charge is -2.10. The molecule has 0 spiro atoms. The van der Waals surface area contributed by atoms with Crippen molar-refractivity contribution in [1.29, 1.82) is 0 Å². The number of aromatic carboxylic acids is 1. The quantitative estimate of drug-likeness (QED) is 0.460. The van der Waals surface area contributed by atoms with Crippen molar-refractivity contribution in [3.8, 4) is 23.0 Å². The third-order valence-electron chi connectivity index (χ3n) is 4.82. The predicted molar refractivity (Wildman–Crippen MR) is 113 cm³/mol. The van der Waals surface area contributed by atoms with E-state index in [1.807, 2.05) is 40.8 Å². The minimum atomic E-state index is -1.01. The number of pyridine rings is 1. The molecule has 30 heavy (non-hydrogen) atoms. The molecule has 0 atom stereocenters. The molecule has 3 heterocycles. The summed E-state index contributed by atoms with van der Waals surface area (Å²) in [5, 5.41) is 10.7. The van der Waals surface area contributed by atoms with Crippen LogP contribution in [0.5, 0.6) is 0 Å². The normalized spacial score (nSPS) is 10.7. The van der Waals surface area contributed by atoms with Gasteiger partial charge in [-0.05, 0) is 30.2 Å². The Bertz CT molecular complexity index is 1490. The van der Waals surface area contributed by atoms with Gasteiger partial charge in [-0.25, -0.2) is 9.78 Å². The first-order valence-corrected chi connectivity index (χ1v) is 9.21. The first-order valence-electron chi connectivity index (χ1n) is 9.21. The smallest absolute Gasteiger partial charge is 0.336 e. The molecule has 2 aromatic carbocycles. The van der Waals surface area contributed by atoms with Crippen LogP contribution >= 0.6 is 0 Å². The van der Waals surface area contributed by atoms with E-state index in [2.05, 4.69) is 26.8 Å². The largest absolute Gasteiger partial charge is 0.478 e. The molecule has 6 heteroatoms. The number of benzene rings is 2. The second-order valence-corrected chi connectivity index (χ2v) is 6.65. The molecule has 0 radical (unpaired) electrons. The van der Waals surface area contributed by atoms with E-state index >= 15 is 0 Å². The third kappa shape index (κ3) is 3.05. The highest BCUT2D eigenvalue weighted by molar-refractivity contribution is 5.99. The van der Waals surface area contributed by atoms with E-state index in [-0.39, 0.29) is 5.56 Å². The molecule has 0 saturated heterocycles. The van der Waals surface area contributed by atoms with Crippen LogP contribution in [0.25, 0.3) is 27.7 Å². The highest BCUT2D eigenvalue weighted by Gasteiger charge is 2.16. The number of para-hydroxylation sites is 1. The SMILES string of the molecule is O=C(O)c1cccc(C#Cc2cnc3cnccn23)c1-c1cnc2ccccc2c1. The summed E-state index contributed by atoms with van der Waals surface area (Å²) in [6.45, 7) is 0. The molecule has 0 amide bonds. The Labute approximate surface area is 171 Å². The second-order valence-electron chi connectivity index (χ2n) is 6.65. The average molecular weight is 390 g/mol. The molecule has 0 saturated carbocycles. The molecule has 5 aromatic rings. The monoisotopic (exact) mass is 390 g/mol. The number of nitrogens with zero attached hydrogens (tertiary/aromatic N) is 4. The Morgan fingerprint density at radius 3 is 2.77 bits per heavy atom. The van der Waals surface area contributed by atoms with Crippen molar-refractivity contribution < 1.29 is 9.90 Å². The maximum atomic E-state index is 11.9. The summed E-state index contributed by atoms with van der Waals surface area (Å²) in [4.78, 5) is 24.8. The van der Waals surface area contributed by atoms with Gasteiger partial charge in [-0.1, -0.05) is 30.2 Å². The fourth-order valence-corrected chi connectivity index (χ4v) is 3.42. The predicted octanol–water partition coefficient (Wildman–Crippen LogP) is 4.04. The lowest BCUT2D eigenvalue weighted by molar-refractivity contribution is 0.0697. The van der Waals surface area contributed by atoms with Gasteiger partial charge in [-0.15, -0.1) is 0 Å². The van der Waals surface area contributed by atoms with E-state index in [9.17, 15) is 9.90 Å². The van der Waals surface area contributed by atoms with Crippen molar-refractivity contribution in [2.75, 3.05) is 0 Å². The molecule has 142 valence electrons. The summed E-state index contributed by atoms with van der Waals surface area (Å²) in [5.41, 5.74) is 4.28. The second kappa shape index (κ2) is 7.15. The highest BCUT2D eigenvalue weighted by atomic mass is 16.4. The van der Waals surface area contributed by atoms with E-state index in [4.69, 9.17) is 0 Å². The summed E-state index contributed by atoms with van der Waals surface area (Å²) in [6.07, 6.45) is 8.46. The summed E-state index contributed by atoms with van der Waals surface area (Å²) in [6, 6.07) is 14.8. The first kappa shape index (κ1) is 17.6. The van der Waals surface area contributed by atoms with Gasteiger partial charge in [-0.3, -0.25) is 14.4 Å². The van der Waals surface area contributed by atoms with Crippen LogP contribution in [0.4, 0.5) is 0 Å². The van der Waals surface area contributed by atoms with Crippen LogP contribution in [-0.4, -0.2) is 30.4 Å². The number of carboxylic acid groups (broad SMARTS) is 1. The zero-order chi connectivity index (χ0) is 20.5. The summed E-state index contributed by atoms with van der Waals surface area (Å²) >= 11 is 0. The molecule has 0 bridgehead atoms. The van der Waals surface area contributed by atoms with Crippen LogP contribution in [-0.2, 0) is 0 Å². The summed E-state index contributed by atoms with van der Waals surface area (Å²) < 4.78 is 1.83. The minimum absolute atomic E-state index is 0.182. The van der Waals surface area contributed by atoms with Gasteiger partial charge < -0.3 is 5.11 Å². The molecule has 5 rings (SSSR count). The van der Waals surface area contributed by atoms with Gasteiger partial charge in [-0.2, -0.15) is 0 Å². The van der Waals surface area contributed by atoms with Gasteiger partial charge in [0.2, 0.25) is 0 Å². The van der Waals surface area contributed by atoms with Crippen LogP contribution < -0.4 is 0 Å². The van der Waals surface area contributed by atoms with Crippen LogP contribution in [0.2, 0.25) is 0 Å². The van der Waals surface area contributed by atoms with E-state index in [1.165, 1.54) is 0 Å². The van der Waals surface area contributed by atoms with E-state index in [1.54, 1.807) is 43.1 Å². The molecule has 3 aromatic heterocycles. The van der Waals surface area contributed by atoms with Gasteiger partial charge in [0.05, 0.1) is 23.5 Å². The molecule has 1 N–H and O–H groups in total. The van der Waals surface area contributed by atoms with Crippen LogP contribution in [0.15, 0.2) is 79.5 Å². The Morgan fingerprint density at radius 1 is 0.967 bits per heavy atom. The molecule has 6 nitrogen and oxygen atoms in total. The average Bonchev–Trinajstić information content (AvgIpc) is 3.20. The molecule has 0 aliphatic heterocycles. The topological polar surface area (TPSA) is 80.4 Å². The fourth-order valence-electron chi connectivity index (χ4n) is 3.42. The van der Waals surface area contributed by atoms with Crippen molar-refractivity contribution in [3.05, 3.63) is 96.3 Å². The molecule has 0 aliphatic rings. The van der Waals surface area contributed by atoms with Gasteiger partial charge in [0.15, 0.2) is 5.65 Å². The van der Waals surface area contributed by atoms with Gasteiger partial charge >= 0.3 is 5.97 Å². The van der Waals surface area contributed by atoms with Crippen LogP contribution in [0.3, 0.4) is 0 Å². The van der Waals surface area contributed by atoms with E-state index < -0.39 is 5.97 Å². The number of carboxylic acids is 1. The lowest BCUT2D eigenvalue weighted by Crippen LogP contribution is -2.02. The summed E-state index contributed by atoms with van der Waals surface area (Å²) in [5.74, 6) is 5.22. The first-order chi connectivity index (χ1) is 14.7. The standard InChI is InChI=1S/C24H14N4O2/c29-24(30)20-6-3-5-16(8-9-19-14-27-22-15-25-10-11-28(19)22)23(20)18-12-17-4-1-2-7-21(17)26-13-18/h1-7,10-15H,(H,29,30). The maximum absolute atomic E-state index is 11.9. The van der Waals surface area contributed by atoms with Crippen molar-refractivity contribution in [1.82, 2.24) is 19.4 Å². The van der Waals surface area contributed by atoms with Crippen LogP contribution in [0.1, 0.15) is 21.6 Å². The minimum Gasteiger partial charge on any atom is -0.478 e. The number of fused-ring (bicyclic) bond motifs is 2. The fraction of sp³-hybridized carbons (Fsp3) is 0. The number of rotatable bonds is 2. The number of carbonyl (C=O) groups is 1. The highest BCUT2D eigenvalue weighted by Crippen LogP contribution is 2.29. The van der Waals surface area contributed by atoms with Gasteiger partial charge in [0.1, 0.15) is 5.69 Å². The van der Waals surface area contributed by atoms with Crippen molar-refractivity contribution in [2.24, 2.45) is 0 Å². The Kier molecular flexibility index (Phi) is 4.19. The van der Waals surface area contributed by atoms with Crippen molar-refractivity contribution in [2.45, 2.75) is 0 Å². The molecular weight excluding hydrogens is 376 g/mol. The third-order valence-corrected chi connectivity index (χ3v) is 4.82.